The van der Waals surface area contributed by atoms with Gasteiger partial charge in [-0.2, -0.15) is 0 Å². The van der Waals surface area contributed by atoms with Gasteiger partial charge in [0.2, 0.25) is 0 Å². The first-order valence-corrected chi connectivity index (χ1v) is 8.11. The molecule has 2 heterocycles. The van der Waals surface area contributed by atoms with Crippen molar-refractivity contribution in [3.8, 4) is 0 Å². The van der Waals surface area contributed by atoms with Gasteiger partial charge in [0.1, 0.15) is 11.6 Å². The first-order chi connectivity index (χ1) is 11.6. The van der Waals surface area contributed by atoms with E-state index in [4.69, 9.17) is 0 Å². The van der Waals surface area contributed by atoms with Crippen LogP contribution >= 0.6 is 0 Å². The van der Waals surface area contributed by atoms with Crippen molar-refractivity contribution in [1.29, 1.82) is 0 Å². The summed E-state index contributed by atoms with van der Waals surface area (Å²) in [5, 5.41) is 5.74. The van der Waals surface area contributed by atoms with Crippen molar-refractivity contribution >= 4 is 17.5 Å². The molecule has 2 aromatic rings. The number of hydrogen-bond acceptors (Lipinski definition) is 3. The van der Waals surface area contributed by atoms with E-state index >= 15 is 0 Å². The highest BCUT2D eigenvalue weighted by Crippen LogP contribution is 2.20. The molecule has 0 spiro atoms. The number of carbonyl (C=O) groups is 1. The molecule has 0 atom stereocenters. The topological polar surface area (TPSA) is 57.3 Å². The van der Waals surface area contributed by atoms with Gasteiger partial charge in [-0.25, -0.2) is 14.2 Å². The van der Waals surface area contributed by atoms with Gasteiger partial charge in [-0.1, -0.05) is 6.07 Å². The number of piperidine rings is 1. The Morgan fingerprint density at radius 1 is 1.17 bits per heavy atom. The Labute approximate surface area is 140 Å². The number of halogens is 1. The lowest BCUT2D eigenvalue weighted by Gasteiger charge is -2.33. The summed E-state index contributed by atoms with van der Waals surface area (Å²) in [6, 6.07) is 10.1. The molecule has 1 aliphatic heterocycles. The van der Waals surface area contributed by atoms with E-state index in [0.29, 0.717) is 5.82 Å². The van der Waals surface area contributed by atoms with Gasteiger partial charge in [0.25, 0.3) is 0 Å². The molecule has 126 valence electrons. The van der Waals surface area contributed by atoms with Crippen LogP contribution < -0.4 is 15.5 Å². The molecule has 3 rings (SSSR count). The van der Waals surface area contributed by atoms with Crippen molar-refractivity contribution in [3.05, 3.63) is 54.0 Å². The fourth-order valence-corrected chi connectivity index (χ4v) is 2.81. The Balaban J connectivity index is 1.47. The van der Waals surface area contributed by atoms with Gasteiger partial charge in [-0.3, -0.25) is 5.32 Å². The number of carbonyl (C=O) groups excluding carboxylic acids is 1. The van der Waals surface area contributed by atoms with E-state index in [0.717, 1.165) is 37.2 Å². The molecule has 5 nitrogen and oxygen atoms in total. The Hall–Kier alpha value is -2.63. The van der Waals surface area contributed by atoms with Crippen LogP contribution in [0.5, 0.6) is 0 Å². The monoisotopic (exact) mass is 328 g/mol. The molecule has 0 unspecified atom stereocenters. The Morgan fingerprint density at radius 3 is 2.50 bits per heavy atom. The van der Waals surface area contributed by atoms with Crippen molar-refractivity contribution in [2.24, 2.45) is 0 Å². The quantitative estimate of drug-likeness (QED) is 0.909. The fourth-order valence-electron chi connectivity index (χ4n) is 2.81. The molecule has 2 amide bonds. The Kier molecular flexibility index (Phi) is 4.93. The molecule has 0 bridgehead atoms. The first kappa shape index (κ1) is 16.2. The Bertz CT molecular complexity index is 679. The number of nitrogens with one attached hydrogen (secondary N) is 2. The third kappa shape index (κ3) is 4.22. The molecule has 24 heavy (non-hydrogen) atoms. The molecule has 1 aromatic heterocycles. The average Bonchev–Trinajstić information content (AvgIpc) is 2.58. The van der Waals surface area contributed by atoms with E-state index < -0.39 is 0 Å². The van der Waals surface area contributed by atoms with Crippen LogP contribution in [0.1, 0.15) is 18.4 Å². The zero-order chi connectivity index (χ0) is 16.9. The number of pyridine rings is 1. The van der Waals surface area contributed by atoms with Gasteiger partial charge < -0.3 is 10.2 Å². The molecule has 0 radical (unpaired) electrons. The largest absolute Gasteiger partial charge is 0.371 e. The van der Waals surface area contributed by atoms with Gasteiger partial charge >= 0.3 is 6.03 Å². The summed E-state index contributed by atoms with van der Waals surface area (Å²) >= 11 is 0. The predicted molar refractivity (Wildman–Crippen MR) is 92.8 cm³/mol. The lowest BCUT2D eigenvalue weighted by atomic mass is 10.0. The van der Waals surface area contributed by atoms with Gasteiger partial charge in [0, 0.05) is 31.0 Å². The van der Waals surface area contributed by atoms with Crippen LogP contribution in [0.2, 0.25) is 0 Å². The van der Waals surface area contributed by atoms with E-state index in [-0.39, 0.29) is 17.9 Å². The molecule has 1 saturated heterocycles. The standard InChI is InChI=1S/C18H21FN4O/c1-13-2-7-17(20-12-13)22-18(24)21-15-8-10-23(11-9-15)16-5-3-14(19)4-6-16/h2-7,12,15H,8-11H2,1H3,(H2,20,21,22,24). The fraction of sp³-hybridized carbons (Fsp3) is 0.333. The number of rotatable bonds is 3. The molecular formula is C18H21FN4O. The summed E-state index contributed by atoms with van der Waals surface area (Å²) < 4.78 is 13.0. The first-order valence-electron chi connectivity index (χ1n) is 8.11. The molecule has 0 saturated carbocycles. The van der Waals surface area contributed by atoms with Gasteiger partial charge in [-0.05, 0) is 55.7 Å². The van der Waals surface area contributed by atoms with Crippen LogP contribution in [0, 0.1) is 12.7 Å². The second kappa shape index (κ2) is 7.29. The smallest absolute Gasteiger partial charge is 0.320 e. The van der Waals surface area contributed by atoms with Crippen molar-refractivity contribution in [3.63, 3.8) is 0 Å². The highest BCUT2D eigenvalue weighted by Gasteiger charge is 2.21. The summed E-state index contributed by atoms with van der Waals surface area (Å²) in [5.41, 5.74) is 2.07. The average molecular weight is 328 g/mol. The zero-order valence-electron chi connectivity index (χ0n) is 13.6. The summed E-state index contributed by atoms with van der Waals surface area (Å²) in [6.45, 7) is 3.62. The van der Waals surface area contributed by atoms with Crippen LogP contribution in [0.25, 0.3) is 0 Å². The summed E-state index contributed by atoms with van der Waals surface area (Å²) in [6.07, 6.45) is 3.43. The van der Waals surface area contributed by atoms with Crippen molar-refractivity contribution in [2.45, 2.75) is 25.8 Å². The number of hydrogen-bond donors (Lipinski definition) is 2. The predicted octanol–water partition coefficient (Wildman–Crippen LogP) is 3.32. The summed E-state index contributed by atoms with van der Waals surface area (Å²) in [5.74, 6) is 0.318. The second-order valence-corrected chi connectivity index (χ2v) is 6.06. The number of benzene rings is 1. The van der Waals surface area contributed by atoms with Crippen LogP contribution in [0.4, 0.5) is 20.7 Å². The van der Waals surface area contributed by atoms with Crippen LogP contribution in [-0.2, 0) is 0 Å². The molecule has 0 aliphatic carbocycles. The number of aromatic nitrogens is 1. The van der Waals surface area contributed by atoms with E-state index in [9.17, 15) is 9.18 Å². The molecule has 1 aromatic carbocycles. The van der Waals surface area contributed by atoms with E-state index in [1.807, 2.05) is 13.0 Å². The van der Waals surface area contributed by atoms with Crippen molar-refractivity contribution < 1.29 is 9.18 Å². The van der Waals surface area contributed by atoms with Crippen LogP contribution in [0.3, 0.4) is 0 Å². The van der Waals surface area contributed by atoms with Gasteiger partial charge in [0.15, 0.2) is 0 Å². The maximum atomic E-state index is 13.0. The van der Waals surface area contributed by atoms with Crippen LogP contribution in [0.15, 0.2) is 42.6 Å². The lowest BCUT2D eigenvalue weighted by Crippen LogP contribution is -2.46. The second-order valence-electron chi connectivity index (χ2n) is 6.06. The zero-order valence-corrected chi connectivity index (χ0v) is 13.6. The number of amides is 2. The lowest BCUT2D eigenvalue weighted by molar-refractivity contribution is 0.246. The van der Waals surface area contributed by atoms with Crippen molar-refractivity contribution in [1.82, 2.24) is 10.3 Å². The maximum absolute atomic E-state index is 13.0. The maximum Gasteiger partial charge on any atom is 0.320 e. The highest BCUT2D eigenvalue weighted by molar-refractivity contribution is 5.88. The van der Waals surface area contributed by atoms with Crippen molar-refractivity contribution in [2.75, 3.05) is 23.3 Å². The summed E-state index contributed by atoms with van der Waals surface area (Å²) in [7, 11) is 0. The van der Waals surface area contributed by atoms with E-state index in [2.05, 4.69) is 20.5 Å². The minimum atomic E-state index is -0.230. The number of anilines is 2. The van der Waals surface area contributed by atoms with E-state index in [1.165, 1.54) is 12.1 Å². The Morgan fingerprint density at radius 2 is 1.88 bits per heavy atom. The number of aryl methyl sites for hydroxylation is 1. The minimum absolute atomic E-state index is 0.132. The van der Waals surface area contributed by atoms with Gasteiger partial charge in [0.05, 0.1) is 0 Å². The number of nitrogens with zero attached hydrogens (tertiary/aromatic N) is 2. The normalized spacial score (nSPS) is 15.2. The van der Waals surface area contributed by atoms with Gasteiger partial charge in [-0.15, -0.1) is 0 Å². The third-order valence-electron chi connectivity index (χ3n) is 4.17. The molecule has 6 heteroatoms. The SMILES string of the molecule is Cc1ccc(NC(=O)NC2CCN(c3ccc(F)cc3)CC2)nc1. The van der Waals surface area contributed by atoms with E-state index in [1.54, 1.807) is 24.4 Å². The van der Waals surface area contributed by atoms with Crippen LogP contribution in [-0.4, -0.2) is 30.1 Å². The third-order valence-corrected chi connectivity index (χ3v) is 4.17. The molecule has 2 N–H and O–H groups in total. The summed E-state index contributed by atoms with van der Waals surface area (Å²) in [4.78, 5) is 18.4. The number of urea groups is 1. The highest BCUT2D eigenvalue weighted by atomic mass is 19.1. The molecular weight excluding hydrogens is 307 g/mol. The minimum Gasteiger partial charge on any atom is -0.371 e. The molecule has 1 fully saturated rings. The molecule has 1 aliphatic rings.